The van der Waals surface area contributed by atoms with Crippen LogP contribution < -0.4 is 4.72 Å². The van der Waals surface area contributed by atoms with Crippen LogP contribution in [0.4, 0.5) is 13.2 Å². The quantitative estimate of drug-likeness (QED) is 0.742. The Hall–Kier alpha value is -0.560. The molecule has 2 bridgehead atoms. The normalized spacial score (nSPS) is 35.0. The fourth-order valence-corrected chi connectivity index (χ4v) is 2.99. The molecule has 15 heavy (non-hydrogen) atoms. The standard InChI is InChI=1S/C8H10F3NO2S/c9-8(10,11)15(13,14)12-7-4-5-1-2-6(7)3-5/h1-2,5-7,12H,3-4H2. The minimum absolute atomic E-state index is 0.0767. The lowest BCUT2D eigenvalue weighted by Crippen LogP contribution is -2.44. The van der Waals surface area contributed by atoms with E-state index in [1.54, 1.807) is 10.8 Å². The molecule has 3 nitrogen and oxygen atoms in total. The van der Waals surface area contributed by atoms with Crippen LogP contribution in [0.15, 0.2) is 12.2 Å². The second-order valence-electron chi connectivity index (χ2n) is 3.95. The summed E-state index contributed by atoms with van der Waals surface area (Å²) in [5.74, 6) is 0.156. The van der Waals surface area contributed by atoms with Gasteiger partial charge in [-0.05, 0) is 24.7 Å². The maximum absolute atomic E-state index is 12.1. The van der Waals surface area contributed by atoms with Gasteiger partial charge in [-0.25, -0.2) is 13.1 Å². The van der Waals surface area contributed by atoms with Crippen molar-refractivity contribution in [2.24, 2.45) is 11.8 Å². The zero-order valence-electron chi connectivity index (χ0n) is 7.66. The maximum Gasteiger partial charge on any atom is 0.511 e. The van der Waals surface area contributed by atoms with Gasteiger partial charge in [0.15, 0.2) is 0 Å². The average Bonchev–Trinajstić information content (AvgIpc) is 2.61. The van der Waals surface area contributed by atoms with Gasteiger partial charge in [-0.1, -0.05) is 12.2 Å². The highest BCUT2D eigenvalue weighted by Gasteiger charge is 2.49. The number of halogens is 3. The van der Waals surface area contributed by atoms with Crippen LogP contribution in [0, 0.1) is 11.8 Å². The largest absolute Gasteiger partial charge is 0.511 e. The highest BCUT2D eigenvalue weighted by molar-refractivity contribution is 7.90. The third-order valence-corrected chi connectivity index (χ3v) is 4.11. The monoisotopic (exact) mass is 241 g/mol. The number of fused-ring (bicyclic) bond motifs is 2. The first-order valence-corrected chi connectivity index (χ1v) is 6.05. The molecule has 0 heterocycles. The zero-order valence-corrected chi connectivity index (χ0v) is 8.48. The summed E-state index contributed by atoms with van der Waals surface area (Å²) in [7, 11) is -5.19. The van der Waals surface area contributed by atoms with Gasteiger partial charge in [-0.15, -0.1) is 0 Å². The van der Waals surface area contributed by atoms with E-state index in [0.29, 0.717) is 6.42 Å². The smallest absolute Gasteiger partial charge is 0.204 e. The Balaban J connectivity index is 2.08. The second kappa shape index (κ2) is 3.21. The minimum Gasteiger partial charge on any atom is -0.204 e. The summed E-state index contributed by atoms with van der Waals surface area (Å²) in [6, 6.07) is -0.591. The summed E-state index contributed by atoms with van der Waals surface area (Å²) in [6.45, 7) is 0. The second-order valence-corrected chi connectivity index (χ2v) is 5.66. The van der Waals surface area contributed by atoms with Gasteiger partial charge in [-0.3, -0.25) is 0 Å². The highest BCUT2D eigenvalue weighted by atomic mass is 32.2. The van der Waals surface area contributed by atoms with Gasteiger partial charge in [0.25, 0.3) is 0 Å². The molecule has 1 saturated carbocycles. The fourth-order valence-electron chi connectivity index (χ4n) is 2.18. The Morgan fingerprint density at radius 3 is 2.27 bits per heavy atom. The van der Waals surface area contributed by atoms with Crippen molar-refractivity contribution in [2.45, 2.75) is 24.4 Å². The lowest BCUT2D eigenvalue weighted by Gasteiger charge is -2.20. The molecule has 0 radical (unpaired) electrons. The van der Waals surface area contributed by atoms with E-state index in [1.807, 2.05) is 6.08 Å². The predicted molar refractivity (Wildman–Crippen MR) is 47.3 cm³/mol. The Bertz CT molecular complexity index is 387. The van der Waals surface area contributed by atoms with Crippen LogP contribution in [0.5, 0.6) is 0 Å². The van der Waals surface area contributed by atoms with Gasteiger partial charge >= 0.3 is 15.5 Å². The van der Waals surface area contributed by atoms with Crippen LogP contribution in [0.2, 0.25) is 0 Å². The molecule has 0 aromatic rings. The molecular weight excluding hydrogens is 231 g/mol. The summed E-state index contributed by atoms with van der Waals surface area (Å²) < 4.78 is 59.6. The number of alkyl halides is 3. The van der Waals surface area contributed by atoms with Crippen molar-refractivity contribution in [3.05, 3.63) is 12.2 Å². The number of hydrogen-bond donors (Lipinski definition) is 1. The summed E-state index contributed by atoms with van der Waals surface area (Å²) in [5.41, 5.74) is -5.21. The topological polar surface area (TPSA) is 46.2 Å². The molecule has 7 heteroatoms. The molecule has 2 aliphatic carbocycles. The molecule has 0 saturated heterocycles. The predicted octanol–water partition coefficient (Wildman–Crippen LogP) is 1.39. The first-order chi connectivity index (χ1) is 6.79. The van der Waals surface area contributed by atoms with E-state index in [1.165, 1.54) is 0 Å². The van der Waals surface area contributed by atoms with Gasteiger partial charge < -0.3 is 0 Å². The lowest BCUT2D eigenvalue weighted by atomic mass is 10.0. The van der Waals surface area contributed by atoms with Crippen LogP contribution in [-0.4, -0.2) is 20.0 Å². The molecule has 86 valence electrons. The molecule has 0 aliphatic heterocycles. The van der Waals surface area contributed by atoms with E-state index in [4.69, 9.17) is 0 Å². The van der Waals surface area contributed by atoms with Gasteiger partial charge in [-0.2, -0.15) is 13.2 Å². The number of nitrogens with one attached hydrogen (secondary N) is 1. The molecule has 0 amide bonds. The summed E-state index contributed by atoms with van der Waals surface area (Å²) in [6.07, 6.45) is 4.95. The van der Waals surface area contributed by atoms with Gasteiger partial charge in [0.1, 0.15) is 0 Å². The van der Waals surface area contributed by atoms with Crippen molar-refractivity contribution in [1.82, 2.24) is 4.72 Å². The van der Waals surface area contributed by atoms with Crippen molar-refractivity contribution in [2.75, 3.05) is 0 Å². The molecule has 3 unspecified atom stereocenters. The van der Waals surface area contributed by atoms with E-state index < -0.39 is 21.6 Å². The van der Waals surface area contributed by atoms with Crippen molar-refractivity contribution >= 4 is 10.0 Å². The number of rotatable bonds is 2. The Kier molecular flexibility index (Phi) is 2.34. The van der Waals surface area contributed by atoms with Crippen LogP contribution in [-0.2, 0) is 10.0 Å². The Labute approximate surface area is 85.4 Å². The van der Waals surface area contributed by atoms with Crippen LogP contribution in [0.3, 0.4) is 0 Å². The summed E-state index contributed by atoms with van der Waals surface area (Å²) >= 11 is 0. The SMILES string of the molecule is O=S(=O)(NC1CC2C=CC1C2)C(F)(F)F. The molecule has 0 aromatic carbocycles. The molecular formula is C8H10F3NO2S. The lowest BCUT2D eigenvalue weighted by molar-refractivity contribution is -0.0451. The molecule has 1 N–H and O–H groups in total. The van der Waals surface area contributed by atoms with Crippen molar-refractivity contribution < 1.29 is 21.6 Å². The summed E-state index contributed by atoms with van der Waals surface area (Å²) in [5, 5.41) is 0. The molecule has 3 atom stereocenters. The third kappa shape index (κ3) is 1.90. The highest BCUT2D eigenvalue weighted by Crippen LogP contribution is 2.40. The number of sulfonamides is 1. The molecule has 2 rings (SSSR count). The van der Waals surface area contributed by atoms with E-state index in [9.17, 15) is 21.6 Å². The van der Waals surface area contributed by atoms with E-state index in [-0.39, 0.29) is 11.8 Å². The number of hydrogen-bond acceptors (Lipinski definition) is 2. The first kappa shape index (κ1) is 10.9. The molecule has 0 aromatic heterocycles. The van der Waals surface area contributed by atoms with Gasteiger partial charge in [0.2, 0.25) is 0 Å². The first-order valence-electron chi connectivity index (χ1n) is 4.56. The Morgan fingerprint density at radius 2 is 1.87 bits per heavy atom. The van der Waals surface area contributed by atoms with E-state index in [0.717, 1.165) is 6.42 Å². The number of allylic oxidation sites excluding steroid dienone is 1. The average molecular weight is 241 g/mol. The molecule has 0 spiro atoms. The van der Waals surface area contributed by atoms with Crippen molar-refractivity contribution in [3.8, 4) is 0 Å². The van der Waals surface area contributed by atoms with Gasteiger partial charge in [0.05, 0.1) is 0 Å². The fraction of sp³-hybridized carbons (Fsp3) is 0.750. The third-order valence-electron chi connectivity index (χ3n) is 2.89. The zero-order chi connectivity index (χ0) is 11.3. The van der Waals surface area contributed by atoms with Crippen LogP contribution >= 0.6 is 0 Å². The van der Waals surface area contributed by atoms with Crippen LogP contribution in [0.25, 0.3) is 0 Å². The van der Waals surface area contributed by atoms with E-state index in [2.05, 4.69) is 0 Å². The minimum atomic E-state index is -5.21. The molecule has 2 aliphatic rings. The van der Waals surface area contributed by atoms with Gasteiger partial charge in [0, 0.05) is 6.04 Å². The van der Waals surface area contributed by atoms with Crippen molar-refractivity contribution in [3.63, 3.8) is 0 Å². The Morgan fingerprint density at radius 1 is 1.20 bits per heavy atom. The van der Waals surface area contributed by atoms with E-state index >= 15 is 0 Å². The molecule has 1 fully saturated rings. The summed E-state index contributed by atoms with van der Waals surface area (Å²) in [4.78, 5) is 0. The van der Waals surface area contributed by atoms with Crippen molar-refractivity contribution in [1.29, 1.82) is 0 Å². The van der Waals surface area contributed by atoms with Crippen LogP contribution in [0.1, 0.15) is 12.8 Å². The maximum atomic E-state index is 12.1.